The van der Waals surface area contributed by atoms with Gasteiger partial charge >= 0.3 is 0 Å². The summed E-state index contributed by atoms with van der Waals surface area (Å²) < 4.78 is 11.7. The minimum absolute atomic E-state index is 0.0613. The van der Waals surface area contributed by atoms with Gasteiger partial charge in [0, 0.05) is 18.4 Å². The number of Topliss-reactive ketones (excluding diaryl/α,β-unsaturated/α-hetero) is 1. The van der Waals surface area contributed by atoms with Crippen LogP contribution in [0.1, 0.15) is 43.1 Å². The molecule has 90 valence electrons. The third-order valence-electron chi connectivity index (χ3n) is 3.28. The van der Waals surface area contributed by atoms with Crippen LogP contribution in [0.15, 0.2) is 12.1 Å². The van der Waals surface area contributed by atoms with Crippen molar-refractivity contribution >= 4 is 5.78 Å². The zero-order chi connectivity index (χ0) is 12.2. The van der Waals surface area contributed by atoms with Gasteiger partial charge in [0.2, 0.25) is 0 Å². The molecule has 0 aromatic heterocycles. The first-order valence-electron chi connectivity index (χ1n) is 6.01. The Bertz CT molecular complexity index is 502. The van der Waals surface area contributed by atoms with Crippen molar-refractivity contribution in [1.82, 2.24) is 0 Å². The van der Waals surface area contributed by atoms with Gasteiger partial charge in [-0.15, -0.1) is 0 Å². The summed E-state index contributed by atoms with van der Waals surface area (Å²) in [5, 5.41) is 0. The van der Waals surface area contributed by atoms with E-state index in [9.17, 15) is 4.79 Å². The molecule has 2 aliphatic rings. The zero-order valence-corrected chi connectivity index (χ0v) is 10.4. The maximum atomic E-state index is 11.9. The highest BCUT2D eigenvalue weighted by Crippen LogP contribution is 2.46. The highest BCUT2D eigenvalue weighted by atomic mass is 16.5. The lowest BCUT2D eigenvalue weighted by Gasteiger charge is -2.25. The predicted molar refractivity (Wildman–Crippen MR) is 63.9 cm³/mol. The Labute approximate surface area is 101 Å². The van der Waals surface area contributed by atoms with Gasteiger partial charge < -0.3 is 9.47 Å². The fourth-order valence-electron chi connectivity index (χ4n) is 2.58. The van der Waals surface area contributed by atoms with E-state index >= 15 is 0 Å². The molecule has 0 saturated heterocycles. The number of carbonyl (C=O) groups excluding carboxylic acids is 1. The molecule has 1 atom stereocenters. The van der Waals surface area contributed by atoms with Crippen molar-refractivity contribution in [1.29, 1.82) is 0 Å². The lowest BCUT2D eigenvalue weighted by Crippen LogP contribution is -2.26. The number of rotatable bonds is 0. The second kappa shape index (κ2) is 3.25. The van der Waals surface area contributed by atoms with Crippen LogP contribution in [0, 0.1) is 0 Å². The van der Waals surface area contributed by atoms with Gasteiger partial charge in [-0.25, -0.2) is 0 Å². The summed E-state index contributed by atoms with van der Waals surface area (Å²) in [4.78, 5) is 11.9. The van der Waals surface area contributed by atoms with Crippen molar-refractivity contribution in [2.24, 2.45) is 0 Å². The average molecular weight is 232 g/mol. The van der Waals surface area contributed by atoms with Crippen LogP contribution in [0.2, 0.25) is 0 Å². The Hall–Kier alpha value is -1.51. The number of carbonyl (C=O) groups is 1. The van der Waals surface area contributed by atoms with E-state index in [2.05, 4.69) is 0 Å². The Morgan fingerprint density at radius 3 is 2.82 bits per heavy atom. The van der Waals surface area contributed by atoms with E-state index in [-0.39, 0.29) is 17.5 Å². The molecule has 0 amide bonds. The van der Waals surface area contributed by atoms with E-state index in [1.54, 1.807) is 0 Å². The third kappa shape index (κ3) is 1.61. The van der Waals surface area contributed by atoms with Crippen LogP contribution >= 0.6 is 0 Å². The second-order valence-corrected chi connectivity index (χ2v) is 5.52. The van der Waals surface area contributed by atoms with E-state index in [0.29, 0.717) is 17.7 Å². The van der Waals surface area contributed by atoms with Crippen LogP contribution in [0.4, 0.5) is 0 Å². The summed E-state index contributed by atoms with van der Waals surface area (Å²) in [7, 11) is 0. The van der Waals surface area contributed by atoms with Crippen molar-refractivity contribution < 1.29 is 14.3 Å². The Morgan fingerprint density at radius 1 is 1.29 bits per heavy atom. The molecular formula is C14H16O3. The van der Waals surface area contributed by atoms with E-state index < -0.39 is 0 Å². The minimum Gasteiger partial charge on any atom is -0.486 e. The van der Waals surface area contributed by atoms with Crippen molar-refractivity contribution in [3.8, 4) is 11.5 Å². The number of hydrogen-bond acceptors (Lipinski definition) is 3. The molecule has 0 spiro atoms. The summed E-state index contributed by atoms with van der Waals surface area (Å²) >= 11 is 0. The van der Waals surface area contributed by atoms with E-state index in [4.69, 9.17) is 9.47 Å². The van der Waals surface area contributed by atoms with Crippen molar-refractivity contribution in [3.05, 3.63) is 23.3 Å². The first-order chi connectivity index (χ1) is 7.96. The minimum atomic E-state index is -0.204. The second-order valence-electron chi connectivity index (χ2n) is 5.52. The Morgan fingerprint density at radius 2 is 2.06 bits per heavy atom. The first kappa shape index (κ1) is 10.6. The molecule has 0 bridgehead atoms. The molecule has 0 fully saturated rings. The SMILES string of the molecule is CC1CC(=O)c2ccc3c(c2O1)OC(C)(C)C3. The van der Waals surface area contributed by atoms with Gasteiger partial charge in [0.1, 0.15) is 11.7 Å². The first-order valence-corrected chi connectivity index (χ1v) is 6.01. The molecule has 0 saturated carbocycles. The lowest BCUT2D eigenvalue weighted by atomic mass is 9.96. The van der Waals surface area contributed by atoms with Crippen LogP contribution < -0.4 is 9.47 Å². The lowest BCUT2D eigenvalue weighted by molar-refractivity contribution is 0.0842. The molecule has 17 heavy (non-hydrogen) atoms. The largest absolute Gasteiger partial charge is 0.486 e. The van der Waals surface area contributed by atoms with E-state index in [0.717, 1.165) is 17.7 Å². The van der Waals surface area contributed by atoms with E-state index in [1.807, 2.05) is 32.9 Å². The van der Waals surface area contributed by atoms with Crippen molar-refractivity contribution in [2.75, 3.05) is 0 Å². The summed E-state index contributed by atoms with van der Waals surface area (Å²) in [6.07, 6.45) is 1.25. The molecule has 1 unspecified atom stereocenters. The van der Waals surface area contributed by atoms with Crippen LogP contribution in [-0.2, 0) is 6.42 Å². The molecule has 0 N–H and O–H groups in total. The molecule has 3 heteroatoms. The van der Waals surface area contributed by atoms with Crippen LogP contribution in [0.25, 0.3) is 0 Å². The van der Waals surface area contributed by atoms with E-state index in [1.165, 1.54) is 0 Å². The Kier molecular flexibility index (Phi) is 2.03. The Balaban J connectivity index is 2.14. The van der Waals surface area contributed by atoms with Gasteiger partial charge in [0.25, 0.3) is 0 Å². The number of fused-ring (bicyclic) bond motifs is 3. The molecule has 1 aromatic rings. The number of ketones is 1. The summed E-state index contributed by atoms with van der Waals surface area (Å²) in [6.45, 7) is 6.02. The zero-order valence-electron chi connectivity index (χ0n) is 10.4. The molecule has 0 aliphatic carbocycles. The molecule has 3 nitrogen and oxygen atoms in total. The average Bonchev–Trinajstić information content (AvgIpc) is 2.52. The summed E-state index contributed by atoms with van der Waals surface area (Å²) in [5.41, 5.74) is 1.60. The quantitative estimate of drug-likeness (QED) is 0.690. The molecule has 2 heterocycles. The molecule has 2 aliphatic heterocycles. The smallest absolute Gasteiger partial charge is 0.172 e. The monoisotopic (exact) mass is 232 g/mol. The maximum Gasteiger partial charge on any atom is 0.172 e. The number of ether oxygens (including phenoxy) is 2. The topological polar surface area (TPSA) is 35.5 Å². The van der Waals surface area contributed by atoms with Gasteiger partial charge in [-0.1, -0.05) is 6.07 Å². The van der Waals surface area contributed by atoms with Gasteiger partial charge in [-0.05, 0) is 26.8 Å². The normalized spacial score (nSPS) is 24.6. The predicted octanol–water partition coefficient (Wildman–Crippen LogP) is 2.75. The van der Waals surface area contributed by atoms with Crippen LogP contribution in [-0.4, -0.2) is 17.5 Å². The standard InChI is InChI=1S/C14H16O3/c1-8-6-11(15)10-5-4-9-7-14(2,3)17-12(9)13(10)16-8/h4-5,8H,6-7H2,1-3H3. The number of hydrogen-bond donors (Lipinski definition) is 0. The third-order valence-corrected chi connectivity index (χ3v) is 3.28. The molecule has 3 rings (SSSR count). The molecule has 1 aromatic carbocycles. The van der Waals surface area contributed by atoms with Crippen LogP contribution in [0.5, 0.6) is 11.5 Å². The van der Waals surface area contributed by atoms with Gasteiger partial charge in [-0.2, -0.15) is 0 Å². The highest BCUT2D eigenvalue weighted by Gasteiger charge is 2.36. The fourth-order valence-corrected chi connectivity index (χ4v) is 2.58. The summed E-state index contributed by atoms with van der Waals surface area (Å²) in [5.74, 6) is 1.57. The van der Waals surface area contributed by atoms with Gasteiger partial charge in [-0.3, -0.25) is 4.79 Å². The fraction of sp³-hybridized carbons (Fsp3) is 0.500. The number of benzene rings is 1. The van der Waals surface area contributed by atoms with Gasteiger partial charge in [0.15, 0.2) is 17.3 Å². The van der Waals surface area contributed by atoms with Crippen molar-refractivity contribution in [2.45, 2.75) is 45.3 Å². The van der Waals surface area contributed by atoms with Crippen molar-refractivity contribution in [3.63, 3.8) is 0 Å². The van der Waals surface area contributed by atoms with Crippen LogP contribution in [0.3, 0.4) is 0 Å². The summed E-state index contributed by atoms with van der Waals surface area (Å²) in [6, 6.07) is 3.85. The maximum absolute atomic E-state index is 11.9. The highest BCUT2D eigenvalue weighted by molar-refractivity contribution is 6.01. The van der Waals surface area contributed by atoms with Gasteiger partial charge in [0.05, 0.1) is 5.56 Å². The molecular weight excluding hydrogens is 216 g/mol. The molecule has 0 radical (unpaired) electrons.